The third-order valence-corrected chi connectivity index (χ3v) is 7.47. The van der Waals surface area contributed by atoms with Gasteiger partial charge < -0.3 is 19.4 Å². The van der Waals surface area contributed by atoms with Crippen molar-refractivity contribution in [2.24, 2.45) is 5.10 Å². The number of H-pyrrole nitrogens is 1. The summed E-state index contributed by atoms with van der Waals surface area (Å²) in [6.45, 7) is 0. The second-order valence-corrected chi connectivity index (χ2v) is 10.9. The summed E-state index contributed by atoms with van der Waals surface area (Å²) in [7, 11) is 5.34. The molecule has 5 aromatic rings. The Morgan fingerprint density at radius 2 is 1.70 bits per heavy atom. The number of anilines is 1. The topological polar surface area (TPSA) is 96.0 Å². The van der Waals surface area contributed by atoms with Gasteiger partial charge in [-0.15, -0.1) is 0 Å². The van der Waals surface area contributed by atoms with Gasteiger partial charge in [-0.2, -0.15) is 5.10 Å². The molecule has 11 heteroatoms. The summed E-state index contributed by atoms with van der Waals surface area (Å²) < 4.78 is 10.9. The van der Waals surface area contributed by atoms with Crippen molar-refractivity contribution in [2.45, 2.75) is 0 Å². The Balaban J connectivity index is 1.38. The van der Waals surface area contributed by atoms with Gasteiger partial charge in [-0.25, -0.2) is 10.2 Å². The molecule has 0 bridgehead atoms. The number of aromatic amines is 1. The van der Waals surface area contributed by atoms with E-state index in [0.29, 0.717) is 26.9 Å². The van der Waals surface area contributed by atoms with Crippen LogP contribution in [0.25, 0.3) is 22.0 Å². The molecular formula is C32H25Cl3N4O4. The number of fused-ring (bicyclic) bond motifs is 1. The van der Waals surface area contributed by atoms with Crippen LogP contribution in [0.3, 0.4) is 0 Å². The summed E-state index contributed by atoms with van der Waals surface area (Å²) >= 11 is 18.6. The zero-order valence-corrected chi connectivity index (χ0v) is 25.5. The lowest BCUT2D eigenvalue weighted by Crippen LogP contribution is -2.19. The van der Waals surface area contributed by atoms with Crippen molar-refractivity contribution >= 4 is 69.5 Å². The van der Waals surface area contributed by atoms with E-state index < -0.39 is 11.9 Å². The van der Waals surface area contributed by atoms with Crippen molar-refractivity contribution in [3.63, 3.8) is 0 Å². The van der Waals surface area contributed by atoms with E-state index in [-0.39, 0.29) is 22.1 Å². The predicted molar refractivity (Wildman–Crippen MR) is 173 cm³/mol. The van der Waals surface area contributed by atoms with Crippen molar-refractivity contribution in [3.8, 4) is 22.6 Å². The van der Waals surface area contributed by atoms with Crippen LogP contribution in [0.2, 0.25) is 15.1 Å². The van der Waals surface area contributed by atoms with Gasteiger partial charge in [0.1, 0.15) is 5.69 Å². The van der Waals surface area contributed by atoms with E-state index in [1.54, 1.807) is 30.3 Å². The number of aromatic nitrogens is 1. The number of hydrazone groups is 1. The number of rotatable bonds is 8. The van der Waals surface area contributed by atoms with Gasteiger partial charge in [0, 0.05) is 51.9 Å². The molecule has 218 valence electrons. The average molecular weight is 636 g/mol. The number of hydrogen-bond donors (Lipinski definition) is 2. The lowest BCUT2D eigenvalue weighted by molar-refractivity contribution is 0.0729. The molecule has 5 rings (SSSR count). The van der Waals surface area contributed by atoms with Gasteiger partial charge in [0.2, 0.25) is 0 Å². The van der Waals surface area contributed by atoms with E-state index >= 15 is 0 Å². The van der Waals surface area contributed by atoms with Crippen molar-refractivity contribution < 1.29 is 19.1 Å². The van der Waals surface area contributed by atoms with Crippen LogP contribution < -0.4 is 19.8 Å². The molecular weight excluding hydrogens is 611 g/mol. The number of methoxy groups -OCH3 is 1. The summed E-state index contributed by atoms with van der Waals surface area (Å²) in [6.07, 6.45) is 1.45. The SMILES string of the molecule is COc1cc(C=NNC(=O)c2[nH]c3ccc(N(C)C)cc3c2-c2ccccc2Cl)ccc1OC(=O)c1ccc(Cl)cc1Cl. The van der Waals surface area contributed by atoms with Gasteiger partial charge in [-0.05, 0) is 66.2 Å². The van der Waals surface area contributed by atoms with E-state index in [0.717, 1.165) is 22.2 Å². The van der Waals surface area contributed by atoms with E-state index in [4.69, 9.17) is 44.3 Å². The third-order valence-electron chi connectivity index (χ3n) is 6.59. The number of carbonyl (C=O) groups excluding carboxylic acids is 2. The maximum absolute atomic E-state index is 13.4. The molecule has 43 heavy (non-hydrogen) atoms. The molecule has 0 aliphatic rings. The van der Waals surface area contributed by atoms with Gasteiger partial charge in [0.15, 0.2) is 11.5 Å². The number of nitrogens with one attached hydrogen (secondary N) is 2. The van der Waals surface area contributed by atoms with Crippen molar-refractivity contribution in [3.05, 3.63) is 111 Å². The maximum atomic E-state index is 13.4. The summed E-state index contributed by atoms with van der Waals surface area (Å²) in [4.78, 5) is 31.3. The van der Waals surface area contributed by atoms with E-state index in [1.807, 2.05) is 55.4 Å². The highest BCUT2D eigenvalue weighted by molar-refractivity contribution is 6.36. The number of amides is 1. The minimum Gasteiger partial charge on any atom is -0.493 e. The second-order valence-electron chi connectivity index (χ2n) is 9.60. The minimum absolute atomic E-state index is 0.160. The quantitative estimate of drug-likeness (QED) is 0.0784. The molecule has 1 aromatic heterocycles. The fourth-order valence-electron chi connectivity index (χ4n) is 4.45. The van der Waals surface area contributed by atoms with Gasteiger partial charge in [-0.3, -0.25) is 4.79 Å². The van der Waals surface area contributed by atoms with Gasteiger partial charge in [-0.1, -0.05) is 53.0 Å². The Kier molecular flexibility index (Phi) is 8.92. The van der Waals surface area contributed by atoms with Gasteiger partial charge >= 0.3 is 5.97 Å². The molecule has 0 aliphatic carbocycles. The zero-order valence-electron chi connectivity index (χ0n) is 23.2. The highest BCUT2D eigenvalue weighted by Crippen LogP contribution is 2.38. The highest BCUT2D eigenvalue weighted by Gasteiger charge is 2.21. The van der Waals surface area contributed by atoms with Crippen LogP contribution in [0, 0.1) is 0 Å². The first-order chi connectivity index (χ1) is 20.7. The molecule has 1 amide bonds. The number of carbonyl (C=O) groups is 2. The minimum atomic E-state index is -0.668. The number of nitrogens with zero attached hydrogens (tertiary/aromatic N) is 2. The lowest BCUT2D eigenvalue weighted by Gasteiger charge is -2.13. The fraction of sp³-hybridized carbons (Fsp3) is 0.0938. The number of esters is 1. The zero-order chi connectivity index (χ0) is 30.7. The molecule has 2 N–H and O–H groups in total. The van der Waals surface area contributed by atoms with Crippen molar-refractivity contribution in [1.29, 1.82) is 0 Å². The first kappa shape index (κ1) is 30.0. The molecule has 8 nitrogen and oxygen atoms in total. The number of halogens is 3. The molecule has 0 fully saturated rings. The Hall–Kier alpha value is -4.50. The number of hydrogen-bond acceptors (Lipinski definition) is 6. The van der Waals surface area contributed by atoms with Crippen LogP contribution in [0.1, 0.15) is 26.4 Å². The van der Waals surface area contributed by atoms with Gasteiger partial charge in [0.05, 0.1) is 23.9 Å². The second kappa shape index (κ2) is 12.8. The van der Waals surface area contributed by atoms with Crippen LogP contribution in [0.15, 0.2) is 84.0 Å². The molecule has 0 atom stereocenters. The van der Waals surface area contributed by atoms with E-state index in [1.165, 1.54) is 25.5 Å². The summed E-state index contributed by atoms with van der Waals surface area (Å²) in [6, 6.07) is 22.6. The Morgan fingerprint density at radius 1 is 0.907 bits per heavy atom. The lowest BCUT2D eigenvalue weighted by atomic mass is 10.0. The first-order valence-electron chi connectivity index (χ1n) is 12.9. The molecule has 0 radical (unpaired) electrons. The van der Waals surface area contributed by atoms with E-state index in [9.17, 15) is 9.59 Å². The molecule has 0 aliphatic heterocycles. The monoisotopic (exact) mass is 634 g/mol. The molecule has 0 saturated carbocycles. The van der Waals surface area contributed by atoms with Crippen LogP contribution in [-0.4, -0.2) is 44.3 Å². The van der Waals surface area contributed by atoms with Crippen LogP contribution in [0.4, 0.5) is 5.69 Å². The maximum Gasteiger partial charge on any atom is 0.345 e. The van der Waals surface area contributed by atoms with Crippen molar-refractivity contribution in [1.82, 2.24) is 10.4 Å². The molecule has 4 aromatic carbocycles. The largest absolute Gasteiger partial charge is 0.493 e. The Labute approximate surface area is 262 Å². The standard InChI is InChI=1S/C32H25Cl3N4O4/c1-39(2)20-10-12-26-23(16-20)29(21-6-4-5-7-24(21)34)30(37-26)31(40)38-36-17-18-8-13-27(28(14-18)42-3)43-32(41)22-11-9-19(33)15-25(22)35/h4-17,37H,1-3H3,(H,38,40). The summed E-state index contributed by atoms with van der Waals surface area (Å²) in [5.41, 5.74) is 6.79. The normalized spacial score (nSPS) is 11.1. The van der Waals surface area contributed by atoms with Crippen molar-refractivity contribution in [2.75, 3.05) is 26.1 Å². The first-order valence-corrected chi connectivity index (χ1v) is 14.1. The molecule has 0 saturated heterocycles. The average Bonchev–Trinajstić information content (AvgIpc) is 3.36. The summed E-state index contributed by atoms with van der Waals surface area (Å²) in [5.74, 6) is -0.661. The molecule has 0 spiro atoms. The van der Waals surface area contributed by atoms with E-state index in [2.05, 4.69) is 15.5 Å². The third kappa shape index (κ3) is 6.46. The molecule has 1 heterocycles. The van der Waals surface area contributed by atoms with Gasteiger partial charge in [0.25, 0.3) is 5.91 Å². The summed E-state index contributed by atoms with van der Waals surface area (Å²) in [5, 5.41) is 6.08. The number of ether oxygens (including phenoxy) is 2. The van der Waals surface area contributed by atoms with Crippen LogP contribution in [0.5, 0.6) is 11.5 Å². The fourth-order valence-corrected chi connectivity index (χ4v) is 5.17. The predicted octanol–water partition coefficient (Wildman–Crippen LogP) is 7.85. The van der Waals surface area contributed by atoms with Crippen LogP contribution >= 0.6 is 34.8 Å². The smallest absolute Gasteiger partial charge is 0.345 e. The highest BCUT2D eigenvalue weighted by atomic mass is 35.5. The molecule has 0 unspecified atom stereocenters. The van der Waals surface area contributed by atoms with Crippen LogP contribution in [-0.2, 0) is 0 Å². The Morgan fingerprint density at radius 3 is 2.42 bits per heavy atom. The Bertz CT molecular complexity index is 1880. The number of benzene rings is 4.